The maximum atomic E-state index is 12.6. The Balaban J connectivity index is 1.71. The fourth-order valence-corrected chi connectivity index (χ4v) is 4.81. The van der Waals surface area contributed by atoms with Crippen molar-refractivity contribution in [1.82, 2.24) is 9.21 Å². The minimum atomic E-state index is -3.23. The molecule has 1 atom stereocenters. The van der Waals surface area contributed by atoms with Crippen molar-refractivity contribution in [1.29, 1.82) is 0 Å². The Bertz CT molecular complexity index is 672. The number of amides is 1. The fourth-order valence-electron chi connectivity index (χ4n) is 3.35. The van der Waals surface area contributed by atoms with E-state index >= 15 is 0 Å². The van der Waals surface area contributed by atoms with Crippen LogP contribution >= 0.6 is 0 Å². The van der Waals surface area contributed by atoms with Crippen molar-refractivity contribution in [3.05, 3.63) is 29.8 Å². The van der Waals surface area contributed by atoms with Gasteiger partial charge in [-0.2, -0.15) is 4.31 Å². The minimum Gasteiger partial charge on any atom is -0.497 e. The molecular formula is C16H22N2O4S. The van der Waals surface area contributed by atoms with Gasteiger partial charge in [-0.15, -0.1) is 0 Å². The van der Waals surface area contributed by atoms with E-state index in [2.05, 4.69) is 0 Å². The first-order chi connectivity index (χ1) is 11.0. The summed E-state index contributed by atoms with van der Waals surface area (Å²) in [5.41, 5.74) is 1.07. The van der Waals surface area contributed by atoms with Crippen LogP contribution in [0, 0.1) is 0 Å². The molecule has 2 aliphatic heterocycles. The standard InChI is InChI=1S/C16H22N2O4S/c1-22-14-7-5-13(6-8-14)15-4-2-10-18(15)16(19)12-17-9-3-11-23(17,20)21/h5-8,15H,2-4,9-12H2,1H3/t15-/m1/s1. The van der Waals surface area contributed by atoms with Crippen LogP contribution in [0.3, 0.4) is 0 Å². The van der Waals surface area contributed by atoms with Gasteiger partial charge in [0.25, 0.3) is 0 Å². The SMILES string of the molecule is COc1ccc([C@H]2CCCN2C(=O)CN2CCCS2(=O)=O)cc1. The topological polar surface area (TPSA) is 66.9 Å². The second-order valence-electron chi connectivity index (χ2n) is 6.02. The Kier molecular flexibility index (Phi) is 4.59. The van der Waals surface area contributed by atoms with Crippen LogP contribution in [0.1, 0.15) is 30.9 Å². The number of hydrogen-bond acceptors (Lipinski definition) is 4. The van der Waals surface area contributed by atoms with Crippen molar-refractivity contribution in [2.75, 3.05) is 32.5 Å². The molecular weight excluding hydrogens is 316 g/mol. The van der Waals surface area contributed by atoms with Crippen LogP contribution in [0.15, 0.2) is 24.3 Å². The average Bonchev–Trinajstić information content (AvgIpc) is 3.14. The van der Waals surface area contributed by atoms with Crippen LogP contribution in [0.5, 0.6) is 5.75 Å². The molecule has 3 rings (SSSR count). The predicted molar refractivity (Wildman–Crippen MR) is 86.7 cm³/mol. The predicted octanol–water partition coefficient (Wildman–Crippen LogP) is 1.39. The summed E-state index contributed by atoms with van der Waals surface area (Å²) in [6.45, 7) is 1.10. The fraction of sp³-hybridized carbons (Fsp3) is 0.562. The summed E-state index contributed by atoms with van der Waals surface area (Å²) < 4.78 is 30.2. The normalized spacial score (nSPS) is 24.0. The van der Waals surface area contributed by atoms with E-state index in [0.29, 0.717) is 19.5 Å². The van der Waals surface area contributed by atoms with Crippen LogP contribution in [0.25, 0.3) is 0 Å². The summed E-state index contributed by atoms with van der Waals surface area (Å²) >= 11 is 0. The second-order valence-corrected chi connectivity index (χ2v) is 8.11. The number of benzene rings is 1. The first kappa shape index (κ1) is 16.3. The zero-order chi connectivity index (χ0) is 16.4. The molecule has 2 saturated heterocycles. The van der Waals surface area contributed by atoms with Gasteiger partial charge in [-0.3, -0.25) is 4.79 Å². The summed E-state index contributed by atoms with van der Waals surface area (Å²) in [5, 5.41) is 0. The van der Waals surface area contributed by atoms with Gasteiger partial charge in [0.1, 0.15) is 5.75 Å². The van der Waals surface area contributed by atoms with Gasteiger partial charge in [-0.25, -0.2) is 8.42 Å². The number of rotatable bonds is 4. The lowest BCUT2D eigenvalue weighted by Gasteiger charge is -2.27. The molecule has 0 unspecified atom stereocenters. The highest BCUT2D eigenvalue weighted by atomic mass is 32.2. The monoisotopic (exact) mass is 338 g/mol. The van der Waals surface area contributed by atoms with Gasteiger partial charge in [0.2, 0.25) is 15.9 Å². The van der Waals surface area contributed by atoms with Crippen molar-refractivity contribution < 1.29 is 17.9 Å². The van der Waals surface area contributed by atoms with Crippen molar-refractivity contribution in [2.24, 2.45) is 0 Å². The van der Waals surface area contributed by atoms with Gasteiger partial charge >= 0.3 is 0 Å². The molecule has 2 heterocycles. The molecule has 6 nitrogen and oxygen atoms in total. The molecule has 23 heavy (non-hydrogen) atoms. The lowest BCUT2D eigenvalue weighted by atomic mass is 10.0. The van der Waals surface area contributed by atoms with Crippen LogP contribution in [-0.4, -0.2) is 56.0 Å². The van der Waals surface area contributed by atoms with E-state index in [1.54, 1.807) is 7.11 Å². The molecule has 2 aliphatic rings. The summed E-state index contributed by atoms with van der Waals surface area (Å²) in [5.74, 6) is 0.837. The average molecular weight is 338 g/mol. The van der Waals surface area contributed by atoms with Crippen molar-refractivity contribution >= 4 is 15.9 Å². The number of carbonyl (C=O) groups is 1. The van der Waals surface area contributed by atoms with Crippen LogP contribution in [0.2, 0.25) is 0 Å². The third kappa shape index (κ3) is 3.35. The Hall–Kier alpha value is -1.60. The third-order valence-electron chi connectivity index (χ3n) is 4.59. The van der Waals surface area contributed by atoms with Gasteiger partial charge < -0.3 is 9.64 Å². The molecule has 1 amide bonds. The zero-order valence-electron chi connectivity index (χ0n) is 13.3. The molecule has 2 fully saturated rings. The Morgan fingerprint density at radius 3 is 2.57 bits per heavy atom. The largest absolute Gasteiger partial charge is 0.497 e. The van der Waals surface area contributed by atoms with Crippen LogP contribution in [0.4, 0.5) is 0 Å². The van der Waals surface area contributed by atoms with Crippen molar-refractivity contribution in [3.8, 4) is 5.75 Å². The second kappa shape index (κ2) is 6.49. The molecule has 0 saturated carbocycles. The Morgan fingerprint density at radius 2 is 1.96 bits per heavy atom. The van der Waals surface area contributed by atoms with E-state index in [4.69, 9.17) is 4.74 Å². The molecule has 7 heteroatoms. The van der Waals surface area contributed by atoms with E-state index in [-0.39, 0.29) is 24.2 Å². The molecule has 0 bridgehead atoms. The van der Waals surface area contributed by atoms with Crippen LogP contribution in [-0.2, 0) is 14.8 Å². The number of carbonyl (C=O) groups excluding carboxylic acids is 1. The maximum absolute atomic E-state index is 12.6. The first-order valence-electron chi connectivity index (χ1n) is 7.92. The quantitative estimate of drug-likeness (QED) is 0.832. The third-order valence-corrected chi connectivity index (χ3v) is 6.49. The lowest BCUT2D eigenvalue weighted by molar-refractivity contribution is -0.132. The highest BCUT2D eigenvalue weighted by Crippen LogP contribution is 2.33. The van der Waals surface area contributed by atoms with E-state index < -0.39 is 10.0 Å². The molecule has 0 aromatic heterocycles. The summed E-state index contributed by atoms with van der Waals surface area (Å²) in [6, 6.07) is 7.75. The van der Waals surface area contributed by atoms with Crippen LogP contribution < -0.4 is 4.74 Å². The molecule has 0 radical (unpaired) electrons. The number of methoxy groups -OCH3 is 1. The summed E-state index contributed by atoms with van der Waals surface area (Å²) in [4.78, 5) is 14.4. The van der Waals surface area contributed by atoms with Gasteiger partial charge in [0.05, 0.1) is 25.4 Å². The van der Waals surface area contributed by atoms with Gasteiger partial charge in [0, 0.05) is 13.1 Å². The highest BCUT2D eigenvalue weighted by Gasteiger charge is 2.35. The van der Waals surface area contributed by atoms with E-state index in [9.17, 15) is 13.2 Å². The van der Waals surface area contributed by atoms with Gasteiger partial charge in [0.15, 0.2) is 0 Å². The number of likely N-dealkylation sites (tertiary alicyclic amines) is 1. The molecule has 1 aromatic rings. The minimum absolute atomic E-state index is 0.0266. The molecule has 0 spiro atoms. The Morgan fingerprint density at radius 1 is 1.22 bits per heavy atom. The number of ether oxygens (including phenoxy) is 1. The van der Waals surface area contributed by atoms with Crippen molar-refractivity contribution in [2.45, 2.75) is 25.3 Å². The molecule has 0 N–H and O–H groups in total. The molecule has 126 valence electrons. The van der Waals surface area contributed by atoms with E-state index in [1.807, 2.05) is 29.2 Å². The number of hydrogen-bond donors (Lipinski definition) is 0. The smallest absolute Gasteiger partial charge is 0.238 e. The number of sulfonamides is 1. The lowest BCUT2D eigenvalue weighted by Crippen LogP contribution is -2.40. The summed E-state index contributed by atoms with van der Waals surface area (Å²) in [6.07, 6.45) is 2.46. The van der Waals surface area contributed by atoms with E-state index in [0.717, 1.165) is 24.2 Å². The summed E-state index contributed by atoms with van der Waals surface area (Å²) in [7, 11) is -1.61. The Labute approximate surface area is 137 Å². The van der Waals surface area contributed by atoms with Crippen molar-refractivity contribution in [3.63, 3.8) is 0 Å². The van der Waals surface area contributed by atoms with Gasteiger partial charge in [-0.1, -0.05) is 12.1 Å². The molecule has 0 aliphatic carbocycles. The van der Waals surface area contributed by atoms with Gasteiger partial charge in [-0.05, 0) is 37.0 Å². The molecule has 1 aromatic carbocycles. The number of nitrogens with zero attached hydrogens (tertiary/aromatic N) is 2. The highest BCUT2D eigenvalue weighted by molar-refractivity contribution is 7.89. The first-order valence-corrected chi connectivity index (χ1v) is 9.53. The zero-order valence-corrected chi connectivity index (χ0v) is 14.1. The van der Waals surface area contributed by atoms with E-state index in [1.165, 1.54) is 4.31 Å². The maximum Gasteiger partial charge on any atom is 0.238 e.